The minimum absolute atomic E-state index is 0.0240. The summed E-state index contributed by atoms with van der Waals surface area (Å²) in [5, 5.41) is 0. The number of hydrogen-bond donors (Lipinski definition) is 0. The molecular formula is C11H11F3O3S. The van der Waals surface area contributed by atoms with Crippen LogP contribution >= 0.6 is 11.8 Å². The van der Waals surface area contributed by atoms with Crippen molar-refractivity contribution in [1.29, 1.82) is 0 Å². The molecule has 0 aliphatic carbocycles. The van der Waals surface area contributed by atoms with E-state index in [2.05, 4.69) is 0 Å². The van der Waals surface area contributed by atoms with Gasteiger partial charge in [-0.25, -0.2) is 4.79 Å². The molecule has 18 heavy (non-hydrogen) atoms. The largest absolute Gasteiger partial charge is 0.460 e. The first-order valence-corrected chi connectivity index (χ1v) is 5.76. The van der Waals surface area contributed by atoms with Crippen molar-refractivity contribution in [3.05, 3.63) is 29.8 Å². The lowest BCUT2D eigenvalue weighted by Crippen LogP contribution is -2.09. The minimum Gasteiger partial charge on any atom is -0.460 e. The van der Waals surface area contributed by atoms with Gasteiger partial charge in [0.05, 0.1) is 12.2 Å². The molecule has 100 valence electrons. The normalized spacial score (nSPS) is 11.3. The highest BCUT2D eigenvalue weighted by Crippen LogP contribution is 2.36. The smallest absolute Gasteiger partial charge is 0.446 e. The van der Waals surface area contributed by atoms with E-state index in [0.29, 0.717) is 0 Å². The molecule has 0 saturated carbocycles. The molecule has 0 atom stereocenters. The van der Waals surface area contributed by atoms with Crippen LogP contribution in [-0.4, -0.2) is 31.8 Å². The Morgan fingerprint density at radius 3 is 2.33 bits per heavy atom. The Morgan fingerprint density at radius 2 is 1.83 bits per heavy atom. The van der Waals surface area contributed by atoms with Crippen molar-refractivity contribution in [3.8, 4) is 0 Å². The molecule has 0 heterocycles. The number of esters is 1. The number of carbonyl (C=O) groups is 1. The van der Waals surface area contributed by atoms with Crippen LogP contribution in [0.5, 0.6) is 0 Å². The van der Waals surface area contributed by atoms with Gasteiger partial charge in [-0.3, -0.25) is 0 Å². The van der Waals surface area contributed by atoms with Gasteiger partial charge in [-0.2, -0.15) is 13.2 Å². The fourth-order valence-electron chi connectivity index (χ4n) is 1.09. The fourth-order valence-corrected chi connectivity index (χ4v) is 1.63. The van der Waals surface area contributed by atoms with Gasteiger partial charge in [0.2, 0.25) is 0 Å². The highest BCUT2D eigenvalue weighted by Gasteiger charge is 2.29. The van der Waals surface area contributed by atoms with Crippen LogP contribution in [-0.2, 0) is 9.47 Å². The fraction of sp³-hybridized carbons (Fsp3) is 0.364. The van der Waals surface area contributed by atoms with Crippen LogP contribution < -0.4 is 0 Å². The van der Waals surface area contributed by atoms with E-state index in [1.165, 1.54) is 31.4 Å². The molecule has 0 aromatic heterocycles. The van der Waals surface area contributed by atoms with Crippen LogP contribution in [0.3, 0.4) is 0 Å². The van der Waals surface area contributed by atoms with E-state index in [4.69, 9.17) is 9.47 Å². The Hall–Kier alpha value is -1.21. The van der Waals surface area contributed by atoms with Crippen molar-refractivity contribution in [2.45, 2.75) is 10.4 Å². The van der Waals surface area contributed by atoms with E-state index in [1.54, 1.807) is 0 Å². The first-order valence-electron chi connectivity index (χ1n) is 4.94. The Morgan fingerprint density at radius 1 is 1.22 bits per heavy atom. The van der Waals surface area contributed by atoms with E-state index in [9.17, 15) is 18.0 Å². The second-order valence-corrected chi connectivity index (χ2v) is 4.34. The second-order valence-electron chi connectivity index (χ2n) is 3.20. The second kappa shape index (κ2) is 6.65. The van der Waals surface area contributed by atoms with Gasteiger partial charge in [0, 0.05) is 12.0 Å². The number of alkyl halides is 3. The highest BCUT2D eigenvalue weighted by molar-refractivity contribution is 8.00. The molecular weight excluding hydrogens is 269 g/mol. The summed E-state index contributed by atoms with van der Waals surface area (Å²) in [6.07, 6.45) is 0. The van der Waals surface area contributed by atoms with Crippen LogP contribution in [0.25, 0.3) is 0 Å². The van der Waals surface area contributed by atoms with Gasteiger partial charge in [-0.05, 0) is 36.0 Å². The average Bonchev–Trinajstić information content (AvgIpc) is 2.28. The quantitative estimate of drug-likeness (QED) is 0.471. The molecule has 0 spiro atoms. The molecule has 1 rings (SSSR count). The topological polar surface area (TPSA) is 35.5 Å². The third-order valence-corrected chi connectivity index (χ3v) is 2.58. The van der Waals surface area contributed by atoms with Gasteiger partial charge in [-0.15, -0.1) is 0 Å². The van der Waals surface area contributed by atoms with Gasteiger partial charge in [0.15, 0.2) is 0 Å². The Bertz CT molecular complexity index is 390. The molecule has 0 aliphatic rings. The third-order valence-electron chi connectivity index (χ3n) is 1.84. The van der Waals surface area contributed by atoms with Crippen LogP contribution in [0, 0.1) is 0 Å². The van der Waals surface area contributed by atoms with Crippen LogP contribution in [0.4, 0.5) is 13.2 Å². The van der Waals surface area contributed by atoms with Crippen molar-refractivity contribution in [2.75, 3.05) is 20.3 Å². The monoisotopic (exact) mass is 280 g/mol. The van der Waals surface area contributed by atoms with Gasteiger partial charge in [-0.1, -0.05) is 0 Å². The van der Waals surface area contributed by atoms with Crippen molar-refractivity contribution in [1.82, 2.24) is 0 Å². The summed E-state index contributed by atoms with van der Waals surface area (Å²) < 4.78 is 45.7. The standard InChI is InChI=1S/C11H11F3O3S/c1-16-6-7-17-10(15)8-2-4-9(5-3-8)18-11(12,13)14/h2-5H,6-7H2,1H3. The lowest BCUT2D eigenvalue weighted by molar-refractivity contribution is -0.0328. The first-order chi connectivity index (χ1) is 8.42. The maximum absolute atomic E-state index is 12.1. The SMILES string of the molecule is COCCOC(=O)c1ccc(SC(F)(F)F)cc1. The van der Waals surface area contributed by atoms with Gasteiger partial charge >= 0.3 is 11.5 Å². The van der Waals surface area contributed by atoms with Crippen molar-refractivity contribution >= 4 is 17.7 Å². The van der Waals surface area contributed by atoms with Crippen molar-refractivity contribution < 1.29 is 27.4 Å². The zero-order chi connectivity index (χ0) is 13.6. The lowest BCUT2D eigenvalue weighted by atomic mass is 10.2. The number of benzene rings is 1. The van der Waals surface area contributed by atoms with Crippen molar-refractivity contribution in [2.24, 2.45) is 0 Å². The number of ether oxygens (including phenoxy) is 2. The summed E-state index contributed by atoms with van der Waals surface area (Å²) in [5.41, 5.74) is -4.13. The Labute approximate surface area is 106 Å². The highest BCUT2D eigenvalue weighted by atomic mass is 32.2. The van der Waals surface area contributed by atoms with Crippen LogP contribution in [0.1, 0.15) is 10.4 Å². The number of methoxy groups -OCH3 is 1. The van der Waals surface area contributed by atoms with Crippen molar-refractivity contribution in [3.63, 3.8) is 0 Å². The molecule has 0 unspecified atom stereocenters. The predicted molar refractivity (Wildman–Crippen MR) is 60.5 cm³/mol. The van der Waals surface area contributed by atoms with E-state index < -0.39 is 11.5 Å². The molecule has 3 nitrogen and oxygen atoms in total. The number of rotatable bonds is 5. The number of hydrogen-bond acceptors (Lipinski definition) is 4. The number of halogens is 3. The Balaban J connectivity index is 2.57. The molecule has 0 bridgehead atoms. The van der Waals surface area contributed by atoms with Gasteiger partial charge < -0.3 is 9.47 Å². The molecule has 1 aromatic carbocycles. The lowest BCUT2D eigenvalue weighted by Gasteiger charge is -2.07. The zero-order valence-corrected chi connectivity index (χ0v) is 10.3. The van der Waals surface area contributed by atoms with E-state index in [1.807, 2.05) is 0 Å². The third kappa shape index (κ3) is 5.42. The molecule has 1 aromatic rings. The average molecular weight is 280 g/mol. The van der Waals surface area contributed by atoms with E-state index >= 15 is 0 Å². The molecule has 7 heteroatoms. The molecule has 0 fully saturated rings. The molecule has 0 saturated heterocycles. The van der Waals surface area contributed by atoms with E-state index in [0.717, 1.165) is 0 Å². The predicted octanol–water partition coefficient (Wildman–Crippen LogP) is 3.10. The summed E-state index contributed by atoms with van der Waals surface area (Å²) in [6, 6.07) is 5.04. The maximum atomic E-state index is 12.1. The minimum atomic E-state index is -4.33. The van der Waals surface area contributed by atoms with Crippen LogP contribution in [0.2, 0.25) is 0 Å². The van der Waals surface area contributed by atoms with Gasteiger partial charge in [0.25, 0.3) is 0 Å². The first kappa shape index (κ1) is 14.8. The summed E-state index contributed by atoms with van der Waals surface area (Å²) in [4.78, 5) is 11.4. The molecule has 0 radical (unpaired) electrons. The maximum Gasteiger partial charge on any atom is 0.446 e. The zero-order valence-electron chi connectivity index (χ0n) is 9.49. The Kier molecular flexibility index (Phi) is 5.49. The van der Waals surface area contributed by atoms with Gasteiger partial charge in [0.1, 0.15) is 6.61 Å². The summed E-state index contributed by atoms with van der Waals surface area (Å²) in [5.74, 6) is -0.587. The number of thioether (sulfide) groups is 1. The summed E-state index contributed by atoms with van der Waals surface area (Å²) in [6.45, 7) is 0.377. The molecule has 0 aliphatic heterocycles. The molecule has 0 N–H and O–H groups in total. The van der Waals surface area contributed by atoms with Crippen LogP contribution in [0.15, 0.2) is 29.2 Å². The van der Waals surface area contributed by atoms with E-state index in [-0.39, 0.29) is 35.4 Å². The summed E-state index contributed by atoms with van der Waals surface area (Å²) in [7, 11) is 1.47. The number of carbonyl (C=O) groups excluding carboxylic acids is 1. The summed E-state index contributed by atoms with van der Waals surface area (Å²) >= 11 is -0.229. The molecule has 0 amide bonds.